The zero-order valence-electron chi connectivity index (χ0n) is 12.2. The number of halogens is 3. The Morgan fingerprint density at radius 2 is 2.00 bits per heavy atom. The number of alkyl halides is 3. The van der Waals surface area contributed by atoms with Crippen molar-refractivity contribution in [1.29, 1.82) is 0 Å². The summed E-state index contributed by atoms with van der Waals surface area (Å²) in [5.74, 6) is -0.188. The Morgan fingerprint density at radius 1 is 1.32 bits per heavy atom. The predicted molar refractivity (Wildman–Crippen MR) is 79.6 cm³/mol. The number of benzene rings is 1. The average molecular weight is 329 g/mol. The van der Waals surface area contributed by atoms with E-state index >= 15 is 0 Å². The van der Waals surface area contributed by atoms with E-state index < -0.39 is 11.7 Å². The van der Waals surface area contributed by atoms with Gasteiger partial charge in [-0.05, 0) is 25.1 Å². The summed E-state index contributed by atoms with van der Waals surface area (Å²) in [4.78, 5) is 18.0. The van der Waals surface area contributed by atoms with Gasteiger partial charge in [-0.2, -0.15) is 13.2 Å². The Kier molecular flexibility index (Phi) is 4.41. The lowest BCUT2D eigenvalue weighted by Crippen LogP contribution is -2.21. The lowest BCUT2D eigenvalue weighted by molar-refractivity contribution is -0.137. The summed E-state index contributed by atoms with van der Waals surface area (Å²) in [7, 11) is 3.25. The monoisotopic (exact) mass is 329 g/mol. The minimum atomic E-state index is -4.40. The molecular formula is C14H14F3N3OS. The van der Waals surface area contributed by atoms with Gasteiger partial charge in [-0.15, -0.1) is 0 Å². The minimum Gasteiger partial charge on any atom is -0.344 e. The fourth-order valence-corrected chi connectivity index (χ4v) is 2.76. The van der Waals surface area contributed by atoms with E-state index in [1.165, 1.54) is 17.0 Å². The summed E-state index contributed by atoms with van der Waals surface area (Å²) in [6.45, 7) is 1.69. The van der Waals surface area contributed by atoms with Gasteiger partial charge < -0.3 is 10.2 Å². The molecule has 0 saturated carbocycles. The number of hydrogen-bond donors (Lipinski definition) is 1. The molecule has 22 heavy (non-hydrogen) atoms. The first kappa shape index (κ1) is 16.3. The molecule has 1 aromatic carbocycles. The second-order valence-electron chi connectivity index (χ2n) is 4.84. The quantitative estimate of drug-likeness (QED) is 0.928. The lowest BCUT2D eigenvalue weighted by atomic mass is 10.2. The summed E-state index contributed by atoms with van der Waals surface area (Å²) in [6.07, 6.45) is -4.40. The van der Waals surface area contributed by atoms with Crippen molar-refractivity contribution in [2.45, 2.75) is 13.1 Å². The highest BCUT2D eigenvalue weighted by molar-refractivity contribution is 7.17. The van der Waals surface area contributed by atoms with Gasteiger partial charge in [0, 0.05) is 19.8 Å². The smallest absolute Gasteiger partial charge is 0.344 e. The number of nitrogens with zero attached hydrogens (tertiary/aromatic N) is 2. The number of nitrogens with one attached hydrogen (secondary N) is 1. The van der Waals surface area contributed by atoms with Crippen molar-refractivity contribution in [2.75, 3.05) is 19.4 Å². The molecule has 1 aromatic heterocycles. The highest BCUT2D eigenvalue weighted by Gasteiger charge is 2.30. The van der Waals surface area contributed by atoms with Gasteiger partial charge >= 0.3 is 6.18 Å². The van der Waals surface area contributed by atoms with Crippen LogP contribution in [0.5, 0.6) is 0 Å². The molecule has 0 saturated heterocycles. The minimum absolute atomic E-state index is 0.188. The molecule has 2 rings (SSSR count). The van der Waals surface area contributed by atoms with E-state index in [2.05, 4.69) is 10.3 Å². The third-order valence-corrected chi connectivity index (χ3v) is 3.90. The van der Waals surface area contributed by atoms with Gasteiger partial charge in [-0.1, -0.05) is 17.4 Å². The average Bonchev–Trinajstić information content (AvgIpc) is 2.77. The first-order valence-electron chi connectivity index (χ1n) is 6.32. The number of hydrogen-bond acceptors (Lipinski definition) is 4. The molecular weight excluding hydrogens is 315 g/mol. The van der Waals surface area contributed by atoms with E-state index in [-0.39, 0.29) is 11.6 Å². The van der Waals surface area contributed by atoms with Crippen LogP contribution in [0.15, 0.2) is 24.3 Å². The Hall–Kier alpha value is -2.09. The summed E-state index contributed by atoms with van der Waals surface area (Å²) in [6, 6.07) is 4.83. The highest BCUT2D eigenvalue weighted by atomic mass is 32.1. The van der Waals surface area contributed by atoms with Crippen LogP contribution in [0.25, 0.3) is 0 Å². The molecule has 1 amide bonds. The van der Waals surface area contributed by atoms with Gasteiger partial charge in [0.05, 0.1) is 11.3 Å². The molecule has 0 spiro atoms. The largest absolute Gasteiger partial charge is 0.416 e. The van der Waals surface area contributed by atoms with Crippen LogP contribution in [0, 0.1) is 6.92 Å². The molecule has 0 aliphatic rings. The van der Waals surface area contributed by atoms with Crippen LogP contribution in [0.1, 0.15) is 20.9 Å². The number of anilines is 2. The van der Waals surface area contributed by atoms with Gasteiger partial charge in [0.15, 0.2) is 5.13 Å². The molecule has 118 valence electrons. The number of amides is 1. The molecule has 0 aliphatic heterocycles. The molecule has 8 heteroatoms. The van der Waals surface area contributed by atoms with Crippen molar-refractivity contribution < 1.29 is 18.0 Å². The zero-order valence-corrected chi connectivity index (χ0v) is 13.0. The number of carbonyl (C=O) groups is 1. The SMILES string of the molecule is Cc1nc(Nc2cccc(C(F)(F)F)c2)sc1C(=O)N(C)C. The Bertz CT molecular complexity index is 695. The second kappa shape index (κ2) is 5.96. The topological polar surface area (TPSA) is 45.2 Å². The maximum Gasteiger partial charge on any atom is 0.416 e. The fourth-order valence-electron chi connectivity index (χ4n) is 1.75. The number of carbonyl (C=O) groups excluding carboxylic acids is 1. The van der Waals surface area contributed by atoms with E-state index in [9.17, 15) is 18.0 Å². The summed E-state index contributed by atoms with van der Waals surface area (Å²) < 4.78 is 38.0. The van der Waals surface area contributed by atoms with Gasteiger partial charge in [0.1, 0.15) is 4.88 Å². The standard InChI is InChI=1S/C14H14F3N3OS/c1-8-11(12(21)20(2)3)22-13(18-8)19-10-6-4-5-9(7-10)14(15,16)17/h4-7H,1-3H3,(H,18,19). The first-order chi connectivity index (χ1) is 10.2. The molecule has 1 heterocycles. The third-order valence-electron chi connectivity index (χ3n) is 2.84. The van der Waals surface area contributed by atoms with Gasteiger partial charge in [-0.25, -0.2) is 4.98 Å². The second-order valence-corrected chi connectivity index (χ2v) is 5.84. The molecule has 0 unspecified atom stereocenters. The fraction of sp³-hybridized carbons (Fsp3) is 0.286. The summed E-state index contributed by atoms with van der Waals surface area (Å²) in [5, 5.41) is 3.18. The molecule has 0 aliphatic carbocycles. The van der Waals surface area contributed by atoms with Gasteiger partial charge in [0.2, 0.25) is 0 Å². The van der Waals surface area contributed by atoms with Crippen molar-refractivity contribution in [3.63, 3.8) is 0 Å². The van der Waals surface area contributed by atoms with Crippen molar-refractivity contribution in [3.8, 4) is 0 Å². The van der Waals surface area contributed by atoms with Crippen LogP contribution in [0.4, 0.5) is 24.0 Å². The number of rotatable bonds is 3. The van der Waals surface area contributed by atoms with Crippen LogP contribution in [-0.2, 0) is 6.18 Å². The van der Waals surface area contributed by atoms with Crippen LogP contribution in [0.3, 0.4) is 0 Å². The van der Waals surface area contributed by atoms with E-state index in [0.717, 1.165) is 23.5 Å². The molecule has 2 aromatic rings. The maximum absolute atomic E-state index is 12.7. The van der Waals surface area contributed by atoms with Crippen LogP contribution in [0.2, 0.25) is 0 Å². The Labute approximate surface area is 129 Å². The summed E-state index contributed by atoms with van der Waals surface area (Å²) in [5.41, 5.74) is 0.0703. The molecule has 0 bridgehead atoms. The van der Waals surface area contributed by atoms with Crippen LogP contribution >= 0.6 is 11.3 Å². The zero-order chi connectivity index (χ0) is 16.5. The molecule has 0 fully saturated rings. The number of aryl methyl sites for hydroxylation is 1. The van der Waals surface area contributed by atoms with Crippen molar-refractivity contribution >= 4 is 28.1 Å². The summed E-state index contributed by atoms with van der Waals surface area (Å²) >= 11 is 1.11. The molecule has 0 atom stereocenters. The van der Waals surface area contributed by atoms with Crippen LogP contribution in [-0.4, -0.2) is 29.9 Å². The Balaban J connectivity index is 2.25. The lowest BCUT2D eigenvalue weighted by Gasteiger charge is -2.09. The van der Waals surface area contributed by atoms with Crippen molar-refractivity contribution in [2.24, 2.45) is 0 Å². The third kappa shape index (κ3) is 3.56. The van der Waals surface area contributed by atoms with Gasteiger partial charge in [0.25, 0.3) is 5.91 Å². The van der Waals surface area contributed by atoms with E-state index in [1.807, 2.05) is 0 Å². The predicted octanol–water partition coefficient (Wildman–Crippen LogP) is 3.92. The normalized spacial score (nSPS) is 11.4. The maximum atomic E-state index is 12.7. The van der Waals surface area contributed by atoms with E-state index in [4.69, 9.17) is 0 Å². The van der Waals surface area contributed by atoms with Gasteiger partial charge in [-0.3, -0.25) is 4.79 Å². The molecule has 4 nitrogen and oxygen atoms in total. The first-order valence-corrected chi connectivity index (χ1v) is 7.13. The van der Waals surface area contributed by atoms with Crippen molar-refractivity contribution in [3.05, 3.63) is 40.4 Å². The van der Waals surface area contributed by atoms with Crippen LogP contribution < -0.4 is 5.32 Å². The molecule has 0 radical (unpaired) electrons. The number of thiazole rings is 1. The van der Waals surface area contributed by atoms with E-state index in [0.29, 0.717) is 15.7 Å². The van der Waals surface area contributed by atoms with Crippen molar-refractivity contribution in [1.82, 2.24) is 9.88 Å². The number of aromatic nitrogens is 1. The Morgan fingerprint density at radius 3 is 2.59 bits per heavy atom. The highest BCUT2D eigenvalue weighted by Crippen LogP contribution is 2.32. The molecule has 1 N–H and O–H groups in total. The van der Waals surface area contributed by atoms with E-state index in [1.54, 1.807) is 21.0 Å².